The number of piperidine rings is 1. The number of carbonyl (C=O) groups excluding carboxylic acids is 2. The minimum atomic E-state index is -0.497. The monoisotopic (exact) mass is 528 g/mol. The second-order valence-electron chi connectivity index (χ2n) is 11.1. The molecule has 2 amide bonds. The van der Waals surface area contributed by atoms with E-state index in [1.54, 1.807) is 9.58 Å². The van der Waals surface area contributed by atoms with Crippen LogP contribution in [0.25, 0.3) is 22.3 Å². The van der Waals surface area contributed by atoms with Crippen LogP contribution >= 0.6 is 0 Å². The van der Waals surface area contributed by atoms with Crippen LogP contribution in [-0.4, -0.2) is 68.0 Å². The Hall–Kier alpha value is -4.05. The molecule has 1 unspecified atom stereocenters. The number of aliphatic hydroxyl groups is 1. The molecule has 2 saturated heterocycles. The zero-order chi connectivity index (χ0) is 27.1. The summed E-state index contributed by atoms with van der Waals surface area (Å²) < 4.78 is 7.42. The molecule has 0 spiro atoms. The second kappa shape index (κ2) is 9.92. The number of likely N-dealkylation sites (tertiary alicyclic amines) is 1. The highest BCUT2D eigenvalue weighted by molar-refractivity contribution is 6.00. The second-order valence-corrected chi connectivity index (χ2v) is 11.1. The number of benzene rings is 2. The van der Waals surface area contributed by atoms with Crippen molar-refractivity contribution in [1.29, 1.82) is 0 Å². The number of carbonyl (C=O) groups is 2. The first-order chi connectivity index (χ1) is 18.8. The van der Waals surface area contributed by atoms with E-state index in [4.69, 9.17) is 4.52 Å². The average Bonchev–Trinajstić information content (AvgIpc) is 3.71. The number of amides is 2. The Kier molecular flexibility index (Phi) is 6.42. The van der Waals surface area contributed by atoms with E-state index in [1.165, 1.54) is 0 Å². The summed E-state index contributed by atoms with van der Waals surface area (Å²) in [5.41, 5.74) is 1.95. The van der Waals surface area contributed by atoms with Gasteiger partial charge in [-0.25, -0.2) is 0 Å². The van der Waals surface area contributed by atoms with E-state index in [9.17, 15) is 14.7 Å². The molecule has 0 aliphatic carbocycles. The van der Waals surface area contributed by atoms with Gasteiger partial charge in [-0.2, -0.15) is 10.1 Å². The third-order valence-corrected chi connectivity index (χ3v) is 7.91. The zero-order valence-electron chi connectivity index (χ0n) is 22.2. The van der Waals surface area contributed by atoms with Gasteiger partial charge in [0.05, 0.1) is 23.6 Å². The highest BCUT2D eigenvalue weighted by Crippen LogP contribution is 2.32. The van der Waals surface area contributed by atoms with Gasteiger partial charge in [-0.15, -0.1) is 0 Å². The summed E-state index contributed by atoms with van der Waals surface area (Å²) in [5, 5.41) is 19.5. The van der Waals surface area contributed by atoms with E-state index < -0.39 is 5.54 Å². The lowest BCUT2D eigenvalue weighted by Gasteiger charge is -2.32. The molecule has 4 aromatic rings. The number of anilines is 1. The Bertz CT molecular complexity index is 1500. The summed E-state index contributed by atoms with van der Waals surface area (Å²) in [6.07, 6.45) is 3.64. The smallest absolute Gasteiger partial charge is 0.230 e. The van der Waals surface area contributed by atoms with Crippen LogP contribution in [0.4, 0.5) is 5.69 Å². The molecule has 10 heteroatoms. The number of hydrogen-bond donors (Lipinski definition) is 1. The third kappa shape index (κ3) is 4.80. The van der Waals surface area contributed by atoms with Gasteiger partial charge in [0.15, 0.2) is 0 Å². The fourth-order valence-corrected chi connectivity index (χ4v) is 5.39. The Labute approximate surface area is 226 Å². The van der Waals surface area contributed by atoms with Crippen LogP contribution in [0.1, 0.15) is 44.9 Å². The Morgan fingerprint density at radius 1 is 1.13 bits per heavy atom. The molecule has 1 atom stereocenters. The largest absolute Gasteiger partial charge is 0.394 e. The maximum Gasteiger partial charge on any atom is 0.230 e. The van der Waals surface area contributed by atoms with Crippen molar-refractivity contribution in [3.05, 3.63) is 60.6 Å². The van der Waals surface area contributed by atoms with E-state index in [0.29, 0.717) is 31.3 Å². The van der Waals surface area contributed by atoms with Gasteiger partial charge in [-0.05, 0) is 44.9 Å². The highest BCUT2D eigenvalue weighted by Gasteiger charge is 2.38. The molecular formula is C29H32N6O4. The summed E-state index contributed by atoms with van der Waals surface area (Å²) in [4.78, 5) is 34.1. The Balaban J connectivity index is 1.09. The van der Waals surface area contributed by atoms with Crippen molar-refractivity contribution in [1.82, 2.24) is 24.8 Å². The average molecular weight is 529 g/mol. The maximum absolute atomic E-state index is 13.2. The van der Waals surface area contributed by atoms with Crippen LogP contribution in [0.15, 0.2) is 59.3 Å². The first-order valence-corrected chi connectivity index (χ1v) is 13.4. The molecule has 39 heavy (non-hydrogen) atoms. The number of fused-ring (bicyclic) bond motifs is 1. The van der Waals surface area contributed by atoms with Crippen LogP contribution in [0.5, 0.6) is 0 Å². The van der Waals surface area contributed by atoms with Gasteiger partial charge in [-0.3, -0.25) is 14.3 Å². The topological polar surface area (TPSA) is 118 Å². The molecule has 0 radical (unpaired) electrons. The molecule has 6 rings (SSSR count). The summed E-state index contributed by atoms with van der Waals surface area (Å²) >= 11 is 0. The van der Waals surface area contributed by atoms with Gasteiger partial charge in [0.1, 0.15) is 0 Å². The van der Waals surface area contributed by atoms with Crippen molar-refractivity contribution in [3.8, 4) is 11.4 Å². The van der Waals surface area contributed by atoms with Gasteiger partial charge in [-0.1, -0.05) is 35.5 Å². The number of aromatic nitrogens is 4. The molecule has 0 saturated carbocycles. The number of hydrogen-bond acceptors (Lipinski definition) is 7. The maximum atomic E-state index is 13.2. The van der Waals surface area contributed by atoms with E-state index in [1.807, 2.05) is 73.5 Å². The number of para-hydroxylation sites is 1. The van der Waals surface area contributed by atoms with E-state index in [2.05, 4.69) is 15.2 Å². The van der Waals surface area contributed by atoms with Crippen molar-refractivity contribution in [2.75, 3.05) is 31.1 Å². The van der Waals surface area contributed by atoms with Gasteiger partial charge >= 0.3 is 0 Å². The van der Waals surface area contributed by atoms with Crippen molar-refractivity contribution < 1.29 is 19.2 Å². The SMILES string of the molecule is CC(C)(CO)n1cc2ccc(-c3noc(C4CCN(C(=O)C5CC(=O)N(c6ccccc6)C5)CC4)n3)cc2n1. The van der Waals surface area contributed by atoms with Crippen molar-refractivity contribution in [2.24, 2.45) is 5.92 Å². The molecule has 0 bridgehead atoms. The highest BCUT2D eigenvalue weighted by atomic mass is 16.5. The van der Waals surface area contributed by atoms with Crippen LogP contribution in [0.2, 0.25) is 0 Å². The fraction of sp³-hybridized carbons (Fsp3) is 0.414. The predicted molar refractivity (Wildman–Crippen MR) is 145 cm³/mol. The molecule has 2 aliphatic heterocycles. The first kappa shape index (κ1) is 25.2. The molecule has 1 N–H and O–H groups in total. The molecule has 2 aliphatic rings. The lowest BCUT2D eigenvalue weighted by Crippen LogP contribution is -2.42. The number of rotatable bonds is 6. The van der Waals surface area contributed by atoms with Gasteiger partial charge in [0, 0.05) is 54.8 Å². The summed E-state index contributed by atoms with van der Waals surface area (Å²) in [5.74, 6) is 0.890. The molecule has 2 aromatic heterocycles. The zero-order valence-corrected chi connectivity index (χ0v) is 22.2. The quantitative estimate of drug-likeness (QED) is 0.407. The summed E-state index contributed by atoms with van der Waals surface area (Å²) in [7, 11) is 0. The summed E-state index contributed by atoms with van der Waals surface area (Å²) in [6, 6.07) is 15.4. The normalized spacial score (nSPS) is 18.8. The van der Waals surface area contributed by atoms with Crippen molar-refractivity contribution in [3.63, 3.8) is 0 Å². The van der Waals surface area contributed by atoms with E-state index in [0.717, 1.165) is 35.0 Å². The fourth-order valence-electron chi connectivity index (χ4n) is 5.39. The molecule has 10 nitrogen and oxygen atoms in total. The first-order valence-electron chi connectivity index (χ1n) is 13.4. The molecule has 202 valence electrons. The van der Waals surface area contributed by atoms with Gasteiger partial charge in [0.25, 0.3) is 0 Å². The lowest BCUT2D eigenvalue weighted by atomic mass is 9.95. The van der Waals surface area contributed by atoms with Gasteiger partial charge < -0.3 is 19.4 Å². The van der Waals surface area contributed by atoms with Crippen molar-refractivity contribution in [2.45, 2.75) is 44.6 Å². The molecule has 4 heterocycles. The van der Waals surface area contributed by atoms with Crippen LogP contribution in [-0.2, 0) is 15.1 Å². The third-order valence-electron chi connectivity index (χ3n) is 7.91. The summed E-state index contributed by atoms with van der Waals surface area (Å²) in [6.45, 7) is 5.46. The number of aliphatic hydroxyl groups excluding tert-OH is 1. The molecule has 2 aromatic carbocycles. The minimum Gasteiger partial charge on any atom is -0.394 e. The van der Waals surface area contributed by atoms with Crippen molar-refractivity contribution >= 4 is 28.4 Å². The van der Waals surface area contributed by atoms with Crippen LogP contribution < -0.4 is 4.90 Å². The lowest BCUT2D eigenvalue weighted by molar-refractivity contribution is -0.136. The standard InChI is InChI=1S/C29H32N6O4/c1-29(2,18-36)35-17-21-9-8-20(14-24(21)31-35)26-30-27(39-32-26)19-10-12-33(13-11-19)28(38)22-15-25(37)34(16-22)23-6-4-3-5-7-23/h3-9,14,17,19,22,36H,10-13,15-16,18H2,1-2H3. The van der Waals surface area contributed by atoms with Crippen LogP contribution in [0.3, 0.4) is 0 Å². The van der Waals surface area contributed by atoms with E-state index in [-0.39, 0.29) is 36.7 Å². The predicted octanol–water partition coefficient (Wildman–Crippen LogP) is 3.57. The van der Waals surface area contributed by atoms with Crippen LogP contribution in [0, 0.1) is 5.92 Å². The van der Waals surface area contributed by atoms with E-state index >= 15 is 0 Å². The minimum absolute atomic E-state index is 0.00473. The Morgan fingerprint density at radius 3 is 2.64 bits per heavy atom. The number of nitrogens with zero attached hydrogens (tertiary/aromatic N) is 6. The molecule has 2 fully saturated rings. The van der Waals surface area contributed by atoms with Gasteiger partial charge in [0.2, 0.25) is 23.5 Å². The Morgan fingerprint density at radius 2 is 1.90 bits per heavy atom. The molecular weight excluding hydrogens is 496 g/mol.